The minimum Gasteiger partial charge on any atom is -0.508 e. The average molecular weight is 344 g/mol. The van der Waals surface area contributed by atoms with Crippen LogP contribution in [0, 0.1) is 0 Å². The number of phenols is 1. The Morgan fingerprint density at radius 2 is 2.00 bits per heavy atom. The van der Waals surface area contributed by atoms with Crippen molar-refractivity contribution in [1.82, 2.24) is 9.78 Å². The first-order chi connectivity index (χ1) is 11.6. The van der Waals surface area contributed by atoms with E-state index in [1.807, 2.05) is 0 Å². The number of ether oxygens (including phenoxy) is 1. The second kappa shape index (κ2) is 7.06. The molecule has 0 saturated carbocycles. The SMILES string of the molecule is O=C(Nc1cccc(O)c1)c1ccn(COc2ccc(Cl)cc2)n1. The van der Waals surface area contributed by atoms with Gasteiger partial charge in [-0.05, 0) is 42.5 Å². The number of carbonyl (C=O) groups is 1. The number of rotatable bonds is 5. The fraction of sp³-hybridized carbons (Fsp3) is 0.0588. The van der Waals surface area contributed by atoms with Crippen LogP contribution in [-0.2, 0) is 6.73 Å². The molecule has 0 fully saturated rings. The second-order valence-electron chi connectivity index (χ2n) is 4.97. The van der Waals surface area contributed by atoms with Crippen LogP contribution in [0.5, 0.6) is 11.5 Å². The van der Waals surface area contributed by atoms with E-state index in [0.29, 0.717) is 16.5 Å². The summed E-state index contributed by atoms with van der Waals surface area (Å²) < 4.78 is 7.06. The highest BCUT2D eigenvalue weighted by molar-refractivity contribution is 6.30. The molecule has 0 saturated heterocycles. The van der Waals surface area contributed by atoms with E-state index < -0.39 is 0 Å². The summed E-state index contributed by atoms with van der Waals surface area (Å²) in [4.78, 5) is 12.1. The quantitative estimate of drug-likeness (QED) is 0.743. The Kier molecular flexibility index (Phi) is 4.67. The molecule has 1 heterocycles. The van der Waals surface area contributed by atoms with E-state index in [4.69, 9.17) is 16.3 Å². The van der Waals surface area contributed by atoms with Gasteiger partial charge in [-0.3, -0.25) is 4.79 Å². The van der Waals surface area contributed by atoms with Gasteiger partial charge in [0.1, 0.15) is 11.5 Å². The molecule has 7 heteroatoms. The highest BCUT2D eigenvalue weighted by Crippen LogP contribution is 2.17. The maximum Gasteiger partial charge on any atom is 0.276 e. The van der Waals surface area contributed by atoms with E-state index in [0.717, 1.165) is 0 Å². The zero-order valence-electron chi connectivity index (χ0n) is 12.5. The smallest absolute Gasteiger partial charge is 0.276 e. The molecule has 6 nitrogen and oxygen atoms in total. The Bertz CT molecular complexity index is 846. The number of carbonyl (C=O) groups excluding carboxylic acids is 1. The van der Waals surface area contributed by atoms with Gasteiger partial charge in [-0.2, -0.15) is 5.10 Å². The summed E-state index contributed by atoms with van der Waals surface area (Å²) in [5.41, 5.74) is 0.741. The summed E-state index contributed by atoms with van der Waals surface area (Å²) in [6.45, 7) is 0.168. The molecular formula is C17H14ClN3O3. The molecule has 24 heavy (non-hydrogen) atoms. The molecule has 122 valence electrons. The van der Waals surface area contributed by atoms with Crippen molar-refractivity contribution < 1.29 is 14.6 Å². The number of halogens is 1. The molecule has 0 spiro atoms. The molecular weight excluding hydrogens is 330 g/mol. The maximum absolute atomic E-state index is 12.1. The van der Waals surface area contributed by atoms with Gasteiger partial charge in [0.25, 0.3) is 5.91 Å². The van der Waals surface area contributed by atoms with E-state index in [1.165, 1.54) is 16.8 Å². The number of amides is 1. The van der Waals surface area contributed by atoms with E-state index in [9.17, 15) is 9.90 Å². The summed E-state index contributed by atoms with van der Waals surface area (Å²) in [5.74, 6) is 0.362. The van der Waals surface area contributed by atoms with Gasteiger partial charge in [0.05, 0.1) is 0 Å². The molecule has 1 amide bonds. The zero-order valence-corrected chi connectivity index (χ0v) is 13.3. The summed E-state index contributed by atoms with van der Waals surface area (Å²) >= 11 is 5.81. The van der Waals surface area contributed by atoms with Crippen molar-refractivity contribution in [3.05, 3.63) is 71.5 Å². The number of aromatic nitrogens is 2. The van der Waals surface area contributed by atoms with E-state index >= 15 is 0 Å². The lowest BCUT2D eigenvalue weighted by atomic mass is 10.3. The molecule has 0 unspecified atom stereocenters. The molecule has 0 radical (unpaired) electrons. The van der Waals surface area contributed by atoms with E-state index in [-0.39, 0.29) is 24.1 Å². The van der Waals surface area contributed by atoms with Gasteiger partial charge in [-0.15, -0.1) is 0 Å². The molecule has 2 aromatic carbocycles. The molecule has 0 bridgehead atoms. The third-order valence-corrected chi connectivity index (χ3v) is 3.41. The minimum absolute atomic E-state index is 0.0784. The Hall–Kier alpha value is -2.99. The fourth-order valence-electron chi connectivity index (χ4n) is 2.00. The normalized spacial score (nSPS) is 10.4. The first kappa shape index (κ1) is 15.9. The highest BCUT2D eigenvalue weighted by atomic mass is 35.5. The van der Waals surface area contributed by atoms with Gasteiger partial charge < -0.3 is 15.2 Å². The Labute approximate surface area is 143 Å². The Balaban J connectivity index is 1.60. The second-order valence-corrected chi connectivity index (χ2v) is 5.41. The van der Waals surface area contributed by atoms with Crippen LogP contribution in [-0.4, -0.2) is 20.8 Å². The Morgan fingerprint density at radius 3 is 2.75 bits per heavy atom. The number of aromatic hydroxyl groups is 1. The lowest BCUT2D eigenvalue weighted by Crippen LogP contribution is -2.14. The van der Waals surface area contributed by atoms with Gasteiger partial charge in [-0.25, -0.2) is 4.68 Å². The van der Waals surface area contributed by atoms with Crippen LogP contribution >= 0.6 is 11.6 Å². The minimum atomic E-state index is -0.370. The predicted molar refractivity (Wildman–Crippen MR) is 90.4 cm³/mol. The zero-order chi connectivity index (χ0) is 16.9. The van der Waals surface area contributed by atoms with Crippen molar-refractivity contribution in [2.24, 2.45) is 0 Å². The van der Waals surface area contributed by atoms with Crippen molar-refractivity contribution in [3.8, 4) is 11.5 Å². The summed E-state index contributed by atoms with van der Waals surface area (Å²) in [6.07, 6.45) is 1.65. The van der Waals surface area contributed by atoms with Crippen LogP contribution in [0.25, 0.3) is 0 Å². The van der Waals surface area contributed by atoms with E-state index in [1.54, 1.807) is 48.7 Å². The third kappa shape index (κ3) is 4.05. The van der Waals surface area contributed by atoms with Crippen LogP contribution in [0.1, 0.15) is 10.5 Å². The molecule has 2 N–H and O–H groups in total. The Morgan fingerprint density at radius 1 is 1.21 bits per heavy atom. The van der Waals surface area contributed by atoms with Gasteiger partial charge in [0.2, 0.25) is 0 Å². The molecule has 1 aromatic heterocycles. The molecule has 0 aliphatic carbocycles. The first-order valence-corrected chi connectivity index (χ1v) is 7.50. The van der Waals surface area contributed by atoms with Crippen LogP contribution in [0.2, 0.25) is 5.02 Å². The number of nitrogens with zero attached hydrogens (tertiary/aromatic N) is 2. The molecule has 0 atom stereocenters. The molecule has 0 aliphatic rings. The number of benzene rings is 2. The monoisotopic (exact) mass is 343 g/mol. The fourth-order valence-corrected chi connectivity index (χ4v) is 2.13. The number of nitrogens with one attached hydrogen (secondary N) is 1. The lowest BCUT2D eigenvalue weighted by molar-refractivity contribution is 0.102. The van der Waals surface area contributed by atoms with Crippen LogP contribution < -0.4 is 10.1 Å². The average Bonchev–Trinajstić information content (AvgIpc) is 3.03. The first-order valence-electron chi connectivity index (χ1n) is 7.12. The van der Waals surface area contributed by atoms with Crippen molar-refractivity contribution in [2.45, 2.75) is 6.73 Å². The van der Waals surface area contributed by atoms with Crippen molar-refractivity contribution in [2.75, 3.05) is 5.32 Å². The van der Waals surface area contributed by atoms with Crippen LogP contribution in [0.15, 0.2) is 60.8 Å². The third-order valence-electron chi connectivity index (χ3n) is 3.15. The largest absolute Gasteiger partial charge is 0.508 e. The number of hydrogen-bond acceptors (Lipinski definition) is 4. The topological polar surface area (TPSA) is 76.4 Å². The predicted octanol–water partition coefficient (Wildman–Crippen LogP) is 3.53. The number of anilines is 1. The summed E-state index contributed by atoms with van der Waals surface area (Å²) in [7, 11) is 0. The summed E-state index contributed by atoms with van der Waals surface area (Å²) in [5, 5.41) is 16.8. The number of hydrogen-bond donors (Lipinski definition) is 2. The van der Waals surface area contributed by atoms with Crippen molar-refractivity contribution in [3.63, 3.8) is 0 Å². The lowest BCUT2D eigenvalue weighted by Gasteiger charge is -2.06. The van der Waals surface area contributed by atoms with Gasteiger partial charge >= 0.3 is 0 Å². The standard InChI is InChI=1S/C17H14ClN3O3/c18-12-4-6-15(7-5-12)24-11-21-9-8-16(20-21)17(23)19-13-2-1-3-14(22)10-13/h1-10,22H,11H2,(H,19,23). The highest BCUT2D eigenvalue weighted by Gasteiger charge is 2.10. The molecule has 0 aliphatic heterocycles. The van der Waals surface area contributed by atoms with Crippen molar-refractivity contribution in [1.29, 1.82) is 0 Å². The number of phenolic OH excluding ortho intramolecular Hbond substituents is 1. The van der Waals surface area contributed by atoms with Gasteiger partial charge in [-0.1, -0.05) is 17.7 Å². The van der Waals surface area contributed by atoms with Gasteiger partial charge in [0, 0.05) is 23.0 Å². The van der Waals surface area contributed by atoms with Crippen LogP contribution in [0.3, 0.4) is 0 Å². The van der Waals surface area contributed by atoms with Crippen molar-refractivity contribution >= 4 is 23.2 Å². The molecule has 3 rings (SSSR count). The maximum atomic E-state index is 12.1. The summed E-state index contributed by atoms with van der Waals surface area (Å²) in [6, 6.07) is 14.9. The van der Waals surface area contributed by atoms with Crippen LogP contribution in [0.4, 0.5) is 5.69 Å². The van der Waals surface area contributed by atoms with E-state index in [2.05, 4.69) is 10.4 Å². The molecule has 3 aromatic rings. The van der Waals surface area contributed by atoms with Gasteiger partial charge in [0.15, 0.2) is 12.4 Å².